The fourth-order valence-corrected chi connectivity index (χ4v) is 5.34. The molecule has 5 rings (SSSR count). The van der Waals surface area contributed by atoms with E-state index in [9.17, 15) is 13.2 Å². The summed E-state index contributed by atoms with van der Waals surface area (Å²) in [5.74, 6) is 1.16. The first-order valence-corrected chi connectivity index (χ1v) is 11.4. The lowest BCUT2D eigenvalue weighted by molar-refractivity contribution is -0.139. The number of piperidine rings is 1. The number of nitrogens with zero attached hydrogens (tertiary/aromatic N) is 3. The Morgan fingerprint density at radius 2 is 1.87 bits per heavy atom. The van der Waals surface area contributed by atoms with Gasteiger partial charge in [0.2, 0.25) is 0 Å². The molecule has 162 valence electrons. The predicted molar refractivity (Wildman–Crippen MR) is 118 cm³/mol. The van der Waals surface area contributed by atoms with Crippen molar-refractivity contribution in [1.82, 2.24) is 19.9 Å². The van der Waals surface area contributed by atoms with Crippen molar-refractivity contribution in [3.8, 4) is 10.7 Å². The number of imidazole rings is 1. The maximum Gasteiger partial charge on any atom is 0.435 e. The van der Waals surface area contributed by atoms with Crippen LogP contribution in [0.15, 0.2) is 36.4 Å². The number of hydrogen-bond acceptors (Lipinski definition) is 4. The van der Waals surface area contributed by atoms with Gasteiger partial charge in [-0.25, -0.2) is 9.97 Å². The highest BCUT2D eigenvalue weighted by Gasteiger charge is 2.37. The first-order valence-electron chi connectivity index (χ1n) is 10.6. The number of aryl methyl sites for hydroxylation is 2. The van der Waals surface area contributed by atoms with E-state index in [0.717, 1.165) is 42.1 Å². The molecule has 1 aromatic carbocycles. The van der Waals surface area contributed by atoms with Gasteiger partial charge in [-0.3, -0.25) is 0 Å². The van der Waals surface area contributed by atoms with Crippen LogP contribution in [0.3, 0.4) is 0 Å². The highest BCUT2D eigenvalue weighted by molar-refractivity contribution is 7.15. The number of rotatable bonds is 4. The van der Waals surface area contributed by atoms with E-state index >= 15 is 0 Å². The molecule has 8 heteroatoms. The van der Waals surface area contributed by atoms with Gasteiger partial charge in [-0.2, -0.15) is 13.2 Å². The maximum absolute atomic E-state index is 14.0. The van der Waals surface area contributed by atoms with Gasteiger partial charge >= 0.3 is 6.18 Å². The zero-order valence-corrected chi connectivity index (χ0v) is 18.0. The average molecular weight is 445 g/mol. The summed E-state index contributed by atoms with van der Waals surface area (Å²) in [7, 11) is 0. The van der Waals surface area contributed by atoms with E-state index in [1.165, 1.54) is 0 Å². The van der Waals surface area contributed by atoms with Gasteiger partial charge in [-0.05, 0) is 63.4 Å². The summed E-state index contributed by atoms with van der Waals surface area (Å²) in [4.78, 5) is 10.5. The van der Waals surface area contributed by atoms with E-state index in [1.54, 1.807) is 23.5 Å². The van der Waals surface area contributed by atoms with E-state index in [-0.39, 0.29) is 5.52 Å². The number of pyridine rings is 1. The molecular weight excluding hydrogens is 421 g/mol. The number of halogens is 3. The predicted octanol–water partition coefficient (Wildman–Crippen LogP) is 6.03. The van der Waals surface area contributed by atoms with Crippen molar-refractivity contribution in [3.63, 3.8) is 0 Å². The number of thiophene rings is 1. The lowest BCUT2D eigenvalue weighted by Crippen LogP contribution is -2.28. The fraction of sp³-hybridized carbons (Fsp3) is 0.391. The Bertz CT molecular complexity index is 1240. The van der Waals surface area contributed by atoms with E-state index < -0.39 is 11.9 Å². The van der Waals surface area contributed by atoms with E-state index in [2.05, 4.69) is 15.3 Å². The molecule has 0 bridgehead atoms. The van der Waals surface area contributed by atoms with E-state index in [4.69, 9.17) is 0 Å². The standard InChI is InChI=1S/C23H23F3N4S/c1-14-6-7-18(31-14)22-29-19-20(30(22)13-10-15-8-11-27-12-9-15)16-4-2-3-5-17(16)28-21(19)23(24,25)26/h2-7,15,27H,8-13H2,1H3. The number of benzene rings is 1. The van der Waals surface area contributed by atoms with E-state index in [1.807, 2.05) is 35.8 Å². The highest BCUT2D eigenvalue weighted by Crippen LogP contribution is 2.39. The summed E-state index contributed by atoms with van der Waals surface area (Å²) < 4.78 is 43.9. The molecule has 1 N–H and O–H groups in total. The molecule has 4 nitrogen and oxygen atoms in total. The molecule has 4 aromatic rings. The number of aromatic nitrogens is 3. The highest BCUT2D eigenvalue weighted by atomic mass is 32.1. The van der Waals surface area contributed by atoms with Crippen LogP contribution in [0.4, 0.5) is 13.2 Å². The van der Waals surface area contributed by atoms with Gasteiger partial charge in [0, 0.05) is 16.8 Å². The molecule has 4 heterocycles. The molecule has 31 heavy (non-hydrogen) atoms. The molecule has 0 saturated carbocycles. The van der Waals surface area contributed by atoms with Gasteiger partial charge in [-0.15, -0.1) is 11.3 Å². The third-order valence-electron chi connectivity index (χ3n) is 6.03. The van der Waals surface area contributed by atoms with Crippen molar-refractivity contribution in [2.45, 2.75) is 38.9 Å². The summed E-state index contributed by atoms with van der Waals surface area (Å²) in [6, 6.07) is 11.0. The lowest BCUT2D eigenvalue weighted by atomic mass is 9.94. The van der Waals surface area contributed by atoms with Gasteiger partial charge < -0.3 is 9.88 Å². The third kappa shape index (κ3) is 3.83. The molecule has 1 aliphatic rings. The average Bonchev–Trinajstić information content (AvgIpc) is 3.35. The van der Waals surface area contributed by atoms with Crippen LogP contribution in [0.25, 0.3) is 32.6 Å². The molecule has 0 aliphatic carbocycles. The van der Waals surface area contributed by atoms with Crippen LogP contribution in [0.5, 0.6) is 0 Å². The van der Waals surface area contributed by atoms with Crippen LogP contribution in [0.1, 0.15) is 29.8 Å². The molecule has 0 amide bonds. The zero-order chi connectivity index (χ0) is 21.6. The van der Waals surface area contributed by atoms with Crippen molar-refractivity contribution in [2.75, 3.05) is 13.1 Å². The Morgan fingerprint density at radius 1 is 1.10 bits per heavy atom. The number of para-hydroxylation sites is 1. The van der Waals surface area contributed by atoms with E-state index in [0.29, 0.717) is 34.7 Å². The van der Waals surface area contributed by atoms with Crippen molar-refractivity contribution >= 4 is 33.3 Å². The largest absolute Gasteiger partial charge is 0.435 e. The van der Waals surface area contributed by atoms with Gasteiger partial charge in [0.15, 0.2) is 11.5 Å². The fourth-order valence-electron chi connectivity index (χ4n) is 4.48. The molecule has 1 saturated heterocycles. The van der Waals surface area contributed by atoms with Crippen LogP contribution < -0.4 is 5.32 Å². The smallest absolute Gasteiger partial charge is 0.323 e. The second-order valence-electron chi connectivity index (χ2n) is 8.15. The van der Waals surface area contributed by atoms with Crippen LogP contribution >= 0.6 is 11.3 Å². The summed E-state index contributed by atoms with van der Waals surface area (Å²) in [6.45, 7) is 4.63. The number of nitrogens with one attached hydrogen (secondary N) is 1. The molecule has 0 spiro atoms. The molecule has 1 fully saturated rings. The van der Waals surface area contributed by atoms with Crippen molar-refractivity contribution in [3.05, 3.63) is 47.0 Å². The van der Waals surface area contributed by atoms with Crippen LogP contribution in [0.2, 0.25) is 0 Å². The van der Waals surface area contributed by atoms with Gasteiger partial charge in [0.05, 0.1) is 15.9 Å². The van der Waals surface area contributed by atoms with Gasteiger partial charge in [0.25, 0.3) is 0 Å². The van der Waals surface area contributed by atoms with Crippen LogP contribution in [0, 0.1) is 12.8 Å². The Balaban J connectivity index is 1.75. The van der Waals surface area contributed by atoms with Crippen LogP contribution in [-0.2, 0) is 12.7 Å². The monoisotopic (exact) mass is 444 g/mol. The Hall–Kier alpha value is -2.45. The lowest BCUT2D eigenvalue weighted by Gasteiger charge is -2.23. The van der Waals surface area contributed by atoms with Crippen molar-refractivity contribution < 1.29 is 13.2 Å². The minimum absolute atomic E-state index is 0.0578. The Labute approximate surface area is 182 Å². The maximum atomic E-state index is 14.0. The molecule has 0 radical (unpaired) electrons. The molecule has 0 atom stereocenters. The quantitative estimate of drug-likeness (QED) is 0.418. The topological polar surface area (TPSA) is 42.7 Å². The SMILES string of the molecule is Cc1ccc(-c2nc3c(C(F)(F)F)nc4ccccc4c3n2CCC2CCNCC2)s1. The summed E-state index contributed by atoms with van der Waals surface area (Å²) in [5, 5.41) is 4.09. The van der Waals surface area contributed by atoms with Gasteiger partial charge in [-0.1, -0.05) is 18.2 Å². The molecule has 0 unspecified atom stereocenters. The normalized spacial score (nSPS) is 15.9. The molecular formula is C23H23F3N4S. The molecule has 1 aliphatic heterocycles. The number of fused-ring (bicyclic) bond motifs is 3. The Kier molecular flexibility index (Phi) is 5.22. The number of alkyl halides is 3. The van der Waals surface area contributed by atoms with Gasteiger partial charge in [0.1, 0.15) is 5.52 Å². The number of hydrogen-bond donors (Lipinski definition) is 1. The van der Waals surface area contributed by atoms with Crippen molar-refractivity contribution in [1.29, 1.82) is 0 Å². The third-order valence-corrected chi connectivity index (χ3v) is 7.03. The Morgan fingerprint density at radius 3 is 2.58 bits per heavy atom. The summed E-state index contributed by atoms with van der Waals surface area (Å²) in [5.41, 5.74) is -0.0823. The minimum atomic E-state index is -4.57. The zero-order valence-electron chi connectivity index (χ0n) is 17.2. The van der Waals surface area contributed by atoms with Crippen LogP contribution in [-0.4, -0.2) is 27.6 Å². The second-order valence-corrected chi connectivity index (χ2v) is 9.44. The summed E-state index contributed by atoms with van der Waals surface area (Å²) >= 11 is 1.56. The first kappa shape index (κ1) is 20.5. The molecule has 3 aromatic heterocycles. The minimum Gasteiger partial charge on any atom is -0.323 e. The second kappa shape index (κ2) is 7.91. The van der Waals surface area contributed by atoms with Crippen molar-refractivity contribution in [2.24, 2.45) is 5.92 Å². The summed E-state index contributed by atoms with van der Waals surface area (Å²) in [6.07, 6.45) is -1.46. The first-order chi connectivity index (χ1) is 14.9.